The molecule has 0 saturated heterocycles. The summed E-state index contributed by atoms with van der Waals surface area (Å²) < 4.78 is 0. The van der Waals surface area contributed by atoms with E-state index in [4.69, 9.17) is 11.6 Å². The highest BCUT2D eigenvalue weighted by atomic mass is 35.5. The smallest absolute Gasteiger partial charge is 0.248 e. The average molecular weight is 518 g/mol. The Kier molecular flexibility index (Phi) is 7.93. The zero-order valence-electron chi connectivity index (χ0n) is 22.3. The highest BCUT2D eigenvalue weighted by Crippen LogP contribution is 2.34. The third kappa shape index (κ3) is 6.16. The van der Waals surface area contributed by atoms with E-state index < -0.39 is 11.6 Å². The number of halogens is 1. The first-order chi connectivity index (χ1) is 17.5. The number of nitrogens with zero attached hydrogens (tertiary/aromatic N) is 2. The van der Waals surface area contributed by atoms with E-state index >= 15 is 0 Å². The molecule has 3 aromatic carbocycles. The maximum absolute atomic E-state index is 14.1. The Hall–Kier alpha value is -3.31. The fourth-order valence-electron chi connectivity index (χ4n) is 4.90. The zero-order valence-corrected chi connectivity index (χ0v) is 23.1. The number of amides is 2. The SMILES string of the molecule is Cc1cccc(N(C(=O)CCN2CCc3ccccc32)[C@H](C(=O)NC(C)(C)C)c2ccc(Cl)cc2)c1C. The van der Waals surface area contributed by atoms with Gasteiger partial charge in [-0.1, -0.05) is 54.1 Å². The van der Waals surface area contributed by atoms with E-state index in [2.05, 4.69) is 28.4 Å². The maximum atomic E-state index is 14.1. The molecule has 3 aromatic rings. The van der Waals surface area contributed by atoms with Gasteiger partial charge in [-0.3, -0.25) is 14.5 Å². The van der Waals surface area contributed by atoms with E-state index in [9.17, 15) is 9.59 Å². The molecule has 2 amide bonds. The Morgan fingerprint density at radius 2 is 1.70 bits per heavy atom. The molecule has 1 heterocycles. The normalized spacial score (nSPS) is 13.7. The molecule has 0 aliphatic carbocycles. The number of nitrogens with one attached hydrogen (secondary N) is 1. The summed E-state index contributed by atoms with van der Waals surface area (Å²) >= 11 is 6.18. The van der Waals surface area contributed by atoms with Gasteiger partial charge in [-0.15, -0.1) is 0 Å². The molecule has 1 N–H and O–H groups in total. The lowest BCUT2D eigenvalue weighted by Crippen LogP contribution is -2.50. The fourth-order valence-corrected chi connectivity index (χ4v) is 5.03. The Bertz CT molecular complexity index is 1280. The topological polar surface area (TPSA) is 52.7 Å². The summed E-state index contributed by atoms with van der Waals surface area (Å²) in [6, 6.07) is 20.6. The molecule has 5 nitrogen and oxygen atoms in total. The van der Waals surface area contributed by atoms with Crippen molar-refractivity contribution in [2.24, 2.45) is 0 Å². The van der Waals surface area contributed by atoms with Crippen LogP contribution in [0.3, 0.4) is 0 Å². The van der Waals surface area contributed by atoms with Crippen molar-refractivity contribution in [2.45, 2.75) is 59.0 Å². The minimum atomic E-state index is -0.838. The van der Waals surface area contributed by atoms with E-state index in [1.54, 1.807) is 17.0 Å². The number of rotatable bonds is 7. The average Bonchev–Trinajstić information content (AvgIpc) is 3.26. The molecule has 0 spiro atoms. The van der Waals surface area contributed by atoms with Crippen molar-refractivity contribution >= 4 is 34.8 Å². The van der Waals surface area contributed by atoms with Crippen molar-refractivity contribution in [1.29, 1.82) is 0 Å². The lowest BCUT2D eigenvalue weighted by Gasteiger charge is -2.35. The predicted molar refractivity (Wildman–Crippen MR) is 152 cm³/mol. The number of benzene rings is 3. The van der Waals surface area contributed by atoms with Gasteiger partial charge in [0.1, 0.15) is 6.04 Å². The van der Waals surface area contributed by atoms with Crippen molar-refractivity contribution in [3.63, 3.8) is 0 Å². The van der Waals surface area contributed by atoms with E-state index in [0.717, 1.165) is 29.8 Å². The molecule has 1 aliphatic rings. The third-order valence-corrected chi connectivity index (χ3v) is 7.13. The van der Waals surface area contributed by atoms with Crippen LogP contribution >= 0.6 is 11.6 Å². The second-order valence-electron chi connectivity index (χ2n) is 10.8. The Labute approximate surface area is 225 Å². The number of hydrogen-bond donors (Lipinski definition) is 1. The van der Waals surface area contributed by atoms with Gasteiger partial charge >= 0.3 is 0 Å². The van der Waals surface area contributed by atoms with Crippen molar-refractivity contribution in [1.82, 2.24) is 5.32 Å². The summed E-state index contributed by atoms with van der Waals surface area (Å²) in [5, 5.41) is 3.69. The highest BCUT2D eigenvalue weighted by molar-refractivity contribution is 6.30. The standard InChI is InChI=1S/C31H36ClN3O2/c1-21-9-8-12-26(22(21)2)35(28(36)18-20-34-19-17-23-10-6-7-11-27(23)34)29(30(37)33-31(3,4)5)24-13-15-25(32)16-14-24/h6-16,29H,17-20H2,1-5H3,(H,33,37)/t29-/m0/s1. The second kappa shape index (κ2) is 11.0. The van der Waals surface area contributed by atoms with E-state index in [1.807, 2.05) is 71.0 Å². The van der Waals surface area contributed by atoms with Crippen LogP contribution in [0.5, 0.6) is 0 Å². The molecule has 0 bridgehead atoms. The summed E-state index contributed by atoms with van der Waals surface area (Å²) in [6.45, 7) is 11.3. The molecule has 1 atom stereocenters. The zero-order chi connectivity index (χ0) is 26.7. The van der Waals surface area contributed by atoms with Crippen LogP contribution < -0.4 is 15.1 Å². The van der Waals surface area contributed by atoms with Crippen molar-refractivity contribution in [2.75, 3.05) is 22.9 Å². The van der Waals surface area contributed by atoms with Crippen LogP contribution in [0.2, 0.25) is 5.02 Å². The van der Waals surface area contributed by atoms with Crippen molar-refractivity contribution in [3.05, 3.63) is 94.0 Å². The number of anilines is 2. The summed E-state index contributed by atoms with van der Waals surface area (Å²) in [5.74, 6) is -0.322. The van der Waals surface area contributed by atoms with Crippen LogP contribution in [0.15, 0.2) is 66.7 Å². The maximum Gasteiger partial charge on any atom is 0.248 e. The van der Waals surface area contributed by atoms with Crippen molar-refractivity contribution in [3.8, 4) is 0 Å². The molecule has 1 aliphatic heterocycles. The predicted octanol–water partition coefficient (Wildman–Crippen LogP) is 6.40. The minimum absolute atomic E-state index is 0.0953. The number of carbonyl (C=O) groups is 2. The summed E-state index contributed by atoms with van der Waals surface area (Å²) in [5.41, 5.74) is 5.54. The van der Waals surface area contributed by atoms with E-state index in [1.165, 1.54) is 11.3 Å². The first kappa shape index (κ1) is 26.7. The van der Waals surface area contributed by atoms with Gasteiger partial charge < -0.3 is 10.2 Å². The quantitative estimate of drug-likeness (QED) is 0.394. The van der Waals surface area contributed by atoms with Crippen LogP contribution in [-0.4, -0.2) is 30.4 Å². The first-order valence-corrected chi connectivity index (χ1v) is 13.2. The lowest BCUT2D eigenvalue weighted by atomic mass is 9.98. The van der Waals surface area contributed by atoms with Gasteiger partial charge in [0.05, 0.1) is 0 Å². The van der Waals surface area contributed by atoms with Gasteiger partial charge in [-0.2, -0.15) is 0 Å². The van der Waals surface area contributed by atoms with E-state index in [-0.39, 0.29) is 18.2 Å². The van der Waals surface area contributed by atoms with Gasteiger partial charge in [-0.25, -0.2) is 0 Å². The highest BCUT2D eigenvalue weighted by Gasteiger charge is 2.35. The van der Waals surface area contributed by atoms with Crippen LogP contribution in [0.4, 0.5) is 11.4 Å². The molecular weight excluding hydrogens is 482 g/mol. The molecular formula is C31H36ClN3O2. The number of carbonyl (C=O) groups excluding carboxylic acids is 2. The summed E-state index contributed by atoms with van der Waals surface area (Å²) in [6.07, 6.45) is 1.26. The van der Waals surface area contributed by atoms with Crippen LogP contribution in [0.1, 0.15) is 55.5 Å². The summed E-state index contributed by atoms with van der Waals surface area (Å²) in [7, 11) is 0. The van der Waals surface area contributed by atoms with Gasteiger partial charge in [0.15, 0.2) is 0 Å². The number of fused-ring (bicyclic) bond motifs is 1. The van der Waals surface area contributed by atoms with Crippen molar-refractivity contribution < 1.29 is 9.59 Å². The Morgan fingerprint density at radius 3 is 2.41 bits per heavy atom. The largest absolute Gasteiger partial charge is 0.370 e. The molecule has 0 unspecified atom stereocenters. The van der Waals surface area contributed by atoms with Gasteiger partial charge in [0.2, 0.25) is 11.8 Å². The molecule has 37 heavy (non-hydrogen) atoms. The van der Waals surface area contributed by atoms with E-state index in [0.29, 0.717) is 17.1 Å². The summed E-state index contributed by atoms with van der Waals surface area (Å²) in [4.78, 5) is 31.9. The third-order valence-electron chi connectivity index (χ3n) is 6.87. The first-order valence-electron chi connectivity index (χ1n) is 12.8. The monoisotopic (exact) mass is 517 g/mol. The molecule has 194 valence electrons. The molecule has 4 rings (SSSR count). The van der Waals surface area contributed by atoms with Crippen LogP contribution in [-0.2, 0) is 16.0 Å². The molecule has 0 radical (unpaired) electrons. The Morgan fingerprint density at radius 1 is 1.00 bits per heavy atom. The minimum Gasteiger partial charge on any atom is -0.370 e. The second-order valence-corrected chi connectivity index (χ2v) is 11.2. The van der Waals surface area contributed by atoms with Gasteiger partial charge in [0, 0.05) is 41.4 Å². The fraction of sp³-hybridized carbons (Fsp3) is 0.355. The number of hydrogen-bond acceptors (Lipinski definition) is 3. The van der Waals surface area contributed by atoms with Crippen LogP contribution in [0, 0.1) is 13.8 Å². The van der Waals surface area contributed by atoms with Crippen LogP contribution in [0.25, 0.3) is 0 Å². The van der Waals surface area contributed by atoms with Gasteiger partial charge in [-0.05, 0) is 87.6 Å². The number of para-hydroxylation sites is 1. The Balaban J connectivity index is 1.73. The molecule has 0 saturated carbocycles. The molecule has 6 heteroatoms. The van der Waals surface area contributed by atoms with Gasteiger partial charge in [0.25, 0.3) is 0 Å². The molecule has 0 fully saturated rings. The number of aryl methyl sites for hydroxylation is 1. The lowest BCUT2D eigenvalue weighted by molar-refractivity contribution is -0.127. The molecule has 0 aromatic heterocycles.